The van der Waals surface area contributed by atoms with Gasteiger partial charge >= 0.3 is 0 Å². The highest BCUT2D eigenvalue weighted by atomic mass is 35.5. The number of halogens is 1. The van der Waals surface area contributed by atoms with Crippen LogP contribution in [0.4, 0.5) is 5.69 Å². The first kappa shape index (κ1) is 15.2. The Labute approximate surface area is 133 Å². The molecular weight excluding hydrogens is 280 g/mol. The van der Waals surface area contributed by atoms with Crippen molar-refractivity contribution in [2.75, 3.05) is 18.0 Å². The lowest BCUT2D eigenvalue weighted by atomic mass is 9.77. The maximum atomic E-state index is 6.18. The van der Waals surface area contributed by atoms with Crippen LogP contribution in [0.15, 0.2) is 18.2 Å². The SMILES string of the molecule is CC(N)Cc1cc(Cl)ccc1N1CCC2(CCCC2)CC1. The van der Waals surface area contributed by atoms with E-state index in [0.717, 1.165) is 11.4 Å². The lowest BCUT2D eigenvalue weighted by molar-refractivity contribution is 0.226. The molecule has 0 aromatic heterocycles. The number of hydrogen-bond donors (Lipinski definition) is 1. The van der Waals surface area contributed by atoms with E-state index < -0.39 is 0 Å². The van der Waals surface area contributed by atoms with Crippen molar-refractivity contribution < 1.29 is 0 Å². The normalized spacial score (nSPS) is 22.7. The van der Waals surface area contributed by atoms with Crippen molar-refractivity contribution in [1.82, 2.24) is 0 Å². The summed E-state index contributed by atoms with van der Waals surface area (Å²) in [7, 11) is 0. The molecule has 1 heterocycles. The average Bonchev–Trinajstić information content (AvgIpc) is 2.88. The second-order valence-electron chi connectivity index (χ2n) is 7.15. The third kappa shape index (κ3) is 3.37. The zero-order chi connectivity index (χ0) is 14.9. The molecule has 2 fully saturated rings. The molecule has 2 aliphatic rings. The zero-order valence-corrected chi connectivity index (χ0v) is 13.8. The number of anilines is 1. The van der Waals surface area contributed by atoms with Gasteiger partial charge in [-0.3, -0.25) is 0 Å². The molecule has 0 radical (unpaired) electrons. The third-order valence-electron chi connectivity index (χ3n) is 5.41. The van der Waals surface area contributed by atoms with Gasteiger partial charge in [-0.05, 0) is 68.2 Å². The summed E-state index contributed by atoms with van der Waals surface area (Å²) in [6, 6.07) is 6.47. The first-order chi connectivity index (χ1) is 10.1. The third-order valence-corrected chi connectivity index (χ3v) is 5.65. The van der Waals surface area contributed by atoms with Crippen LogP contribution in [0.3, 0.4) is 0 Å². The van der Waals surface area contributed by atoms with Crippen LogP contribution in [-0.4, -0.2) is 19.1 Å². The summed E-state index contributed by atoms with van der Waals surface area (Å²) < 4.78 is 0. The van der Waals surface area contributed by atoms with E-state index in [1.165, 1.54) is 62.9 Å². The number of piperidine rings is 1. The maximum Gasteiger partial charge on any atom is 0.0410 e. The Balaban J connectivity index is 1.75. The Hall–Kier alpha value is -0.730. The molecule has 1 saturated carbocycles. The largest absolute Gasteiger partial charge is 0.371 e. The first-order valence-corrected chi connectivity index (χ1v) is 8.75. The van der Waals surface area contributed by atoms with Crippen molar-refractivity contribution in [2.24, 2.45) is 11.1 Å². The molecular formula is C18H27ClN2. The fraction of sp³-hybridized carbons (Fsp3) is 0.667. The molecule has 0 amide bonds. The van der Waals surface area contributed by atoms with Crippen LogP contribution in [0.1, 0.15) is 51.0 Å². The maximum absolute atomic E-state index is 6.18. The monoisotopic (exact) mass is 306 g/mol. The molecule has 2 N–H and O–H groups in total. The fourth-order valence-electron chi connectivity index (χ4n) is 4.22. The van der Waals surface area contributed by atoms with E-state index in [-0.39, 0.29) is 6.04 Å². The molecule has 1 atom stereocenters. The molecule has 1 saturated heterocycles. The van der Waals surface area contributed by atoms with Crippen LogP contribution in [0, 0.1) is 5.41 Å². The predicted octanol–water partition coefficient (Wildman–Crippen LogP) is 4.39. The highest BCUT2D eigenvalue weighted by Crippen LogP contribution is 2.47. The Morgan fingerprint density at radius 1 is 1.19 bits per heavy atom. The Morgan fingerprint density at radius 2 is 1.86 bits per heavy atom. The Morgan fingerprint density at radius 3 is 2.48 bits per heavy atom. The lowest BCUT2D eigenvalue weighted by Gasteiger charge is -2.41. The fourth-order valence-corrected chi connectivity index (χ4v) is 4.41. The lowest BCUT2D eigenvalue weighted by Crippen LogP contribution is -2.39. The zero-order valence-electron chi connectivity index (χ0n) is 13.1. The molecule has 21 heavy (non-hydrogen) atoms. The number of nitrogens with two attached hydrogens (primary N) is 1. The van der Waals surface area contributed by atoms with Crippen molar-refractivity contribution in [1.29, 1.82) is 0 Å². The molecule has 1 aromatic carbocycles. The van der Waals surface area contributed by atoms with Crippen LogP contribution in [0.25, 0.3) is 0 Å². The first-order valence-electron chi connectivity index (χ1n) is 8.37. The second kappa shape index (κ2) is 6.18. The van der Waals surface area contributed by atoms with Crippen LogP contribution in [0.2, 0.25) is 5.02 Å². The van der Waals surface area contributed by atoms with Gasteiger partial charge in [-0.25, -0.2) is 0 Å². The topological polar surface area (TPSA) is 29.3 Å². The molecule has 2 nitrogen and oxygen atoms in total. The van der Waals surface area contributed by atoms with Crippen molar-refractivity contribution in [3.8, 4) is 0 Å². The van der Waals surface area contributed by atoms with Crippen LogP contribution in [0.5, 0.6) is 0 Å². The Kier molecular flexibility index (Phi) is 4.46. The van der Waals surface area contributed by atoms with Gasteiger partial charge in [0.1, 0.15) is 0 Å². The van der Waals surface area contributed by atoms with Crippen molar-refractivity contribution in [3.05, 3.63) is 28.8 Å². The molecule has 0 bridgehead atoms. The van der Waals surface area contributed by atoms with Crippen molar-refractivity contribution in [3.63, 3.8) is 0 Å². The Bertz CT molecular complexity index is 482. The van der Waals surface area contributed by atoms with Crippen molar-refractivity contribution >= 4 is 17.3 Å². The van der Waals surface area contributed by atoms with Gasteiger partial charge in [0, 0.05) is 29.8 Å². The molecule has 1 unspecified atom stereocenters. The summed E-state index contributed by atoms with van der Waals surface area (Å²) in [5.41, 5.74) is 9.33. The summed E-state index contributed by atoms with van der Waals surface area (Å²) in [6.07, 6.45) is 9.40. The molecule has 1 aliphatic heterocycles. The quantitative estimate of drug-likeness (QED) is 0.897. The highest BCUT2D eigenvalue weighted by molar-refractivity contribution is 6.30. The smallest absolute Gasteiger partial charge is 0.0410 e. The summed E-state index contributed by atoms with van der Waals surface area (Å²) in [5.74, 6) is 0. The minimum Gasteiger partial charge on any atom is -0.371 e. The van der Waals surface area contributed by atoms with Crippen LogP contribution in [-0.2, 0) is 6.42 Å². The van der Waals surface area contributed by atoms with Crippen LogP contribution < -0.4 is 10.6 Å². The van der Waals surface area contributed by atoms with Gasteiger partial charge in [-0.1, -0.05) is 24.4 Å². The van der Waals surface area contributed by atoms with Gasteiger partial charge in [0.25, 0.3) is 0 Å². The summed E-state index contributed by atoms with van der Waals surface area (Å²) in [6.45, 7) is 4.44. The minimum atomic E-state index is 0.174. The van der Waals surface area contributed by atoms with Crippen LogP contribution >= 0.6 is 11.6 Å². The van der Waals surface area contributed by atoms with Gasteiger partial charge in [0.15, 0.2) is 0 Å². The molecule has 116 valence electrons. The van der Waals surface area contributed by atoms with Gasteiger partial charge in [-0.15, -0.1) is 0 Å². The van der Waals surface area contributed by atoms with Gasteiger partial charge in [-0.2, -0.15) is 0 Å². The minimum absolute atomic E-state index is 0.174. The van der Waals surface area contributed by atoms with Gasteiger partial charge in [0.05, 0.1) is 0 Å². The predicted molar refractivity (Wildman–Crippen MR) is 91.2 cm³/mol. The van der Waals surface area contributed by atoms with E-state index in [1.807, 2.05) is 6.07 Å². The standard InChI is InChI=1S/C18H27ClN2/c1-14(20)12-15-13-16(19)4-5-17(15)21-10-8-18(9-11-21)6-2-3-7-18/h4-5,13-14H,2-3,6-12,20H2,1H3. The van der Waals surface area contributed by atoms with E-state index in [1.54, 1.807) is 0 Å². The molecule has 3 heteroatoms. The van der Waals surface area contributed by atoms with Gasteiger partial charge < -0.3 is 10.6 Å². The molecule has 1 aromatic rings. The number of rotatable bonds is 3. The number of hydrogen-bond acceptors (Lipinski definition) is 2. The van der Waals surface area contributed by atoms with Crippen molar-refractivity contribution in [2.45, 2.75) is 57.9 Å². The van der Waals surface area contributed by atoms with E-state index in [0.29, 0.717) is 5.41 Å². The average molecular weight is 307 g/mol. The van der Waals surface area contributed by atoms with E-state index in [9.17, 15) is 0 Å². The summed E-state index contributed by atoms with van der Waals surface area (Å²) in [4.78, 5) is 2.55. The van der Waals surface area contributed by atoms with E-state index in [4.69, 9.17) is 17.3 Å². The molecule has 1 aliphatic carbocycles. The molecule has 1 spiro atoms. The highest BCUT2D eigenvalue weighted by Gasteiger charge is 2.37. The van der Waals surface area contributed by atoms with E-state index >= 15 is 0 Å². The second-order valence-corrected chi connectivity index (χ2v) is 7.59. The number of benzene rings is 1. The van der Waals surface area contributed by atoms with E-state index in [2.05, 4.69) is 24.0 Å². The number of nitrogens with zero attached hydrogens (tertiary/aromatic N) is 1. The summed E-state index contributed by atoms with van der Waals surface area (Å²) in [5, 5.41) is 0.818. The summed E-state index contributed by atoms with van der Waals surface area (Å²) >= 11 is 6.18. The van der Waals surface area contributed by atoms with Gasteiger partial charge in [0.2, 0.25) is 0 Å². The molecule has 3 rings (SSSR count).